The average molecular weight is 354 g/mol. The van der Waals surface area contributed by atoms with Gasteiger partial charge in [0.15, 0.2) is 12.9 Å². The molecule has 0 atom stereocenters. The van der Waals surface area contributed by atoms with Crippen molar-refractivity contribution in [1.29, 1.82) is 0 Å². The summed E-state index contributed by atoms with van der Waals surface area (Å²) in [4.78, 5) is 36.6. The van der Waals surface area contributed by atoms with E-state index in [1.54, 1.807) is 24.3 Å². The minimum absolute atomic E-state index is 0.0924. The molecule has 6 heteroatoms. The van der Waals surface area contributed by atoms with Crippen LogP contribution < -0.4 is 10.1 Å². The van der Waals surface area contributed by atoms with E-state index in [1.807, 2.05) is 32.0 Å². The van der Waals surface area contributed by atoms with Crippen molar-refractivity contribution in [2.45, 2.75) is 13.8 Å². The molecule has 2 amide bonds. The highest BCUT2D eigenvalue weighted by molar-refractivity contribution is 5.95. The number of nitrogens with one attached hydrogen (secondary N) is 1. The van der Waals surface area contributed by atoms with Gasteiger partial charge in [-0.3, -0.25) is 14.4 Å². The van der Waals surface area contributed by atoms with Gasteiger partial charge in [-0.1, -0.05) is 24.3 Å². The molecule has 0 saturated heterocycles. The Morgan fingerprint density at radius 2 is 1.85 bits per heavy atom. The summed E-state index contributed by atoms with van der Waals surface area (Å²) in [6.45, 7) is 3.55. The van der Waals surface area contributed by atoms with Crippen LogP contribution in [0.1, 0.15) is 21.5 Å². The molecule has 2 aromatic rings. The summed E-state index contributed by atoms with van der Waals surface area (Å²) >= 11 is 0. The molecule has 0 aromatic heterocycles. The van der Waals surface area contributed by atoms with Crippen molar-refractivity contribution < 1.29 is 19.1 Å². The van der Waals surface area contributed by atoms with Gasteiger partial charge in [-0.05, 0) is 43.2 Å². The maximum atomic E-state index is 12.2. The topological polar surface area (TPSA) is 75.7 Å². The number of benzene rings is 2. The van der Waals surface area contributed by atoms with E-state index >= 15 is 0 Å². The molecule has 2 rings (SSSR count). The first kappa shape index (κ1) is 19.2. The summed E-state index contributed by atoms with van der Waals surface area (Å²) in [6.07, 6.45) is 0.668. The highest BCUT2D eigenvalue weighted by Gasteiger charge is 2.15. The van der Waals surface area contributed by atoms with Crippen LogP contribution in [0.5, 0.6) is 5.75 Å². The summed E-state index contributed by atoms with van der Waals surface area (Å²) < 4.78 is 5.39. The fourth-order valence-electron chi connectivity index (χ4n) is 2.34. The van der Waals surface area contributed by atoms with Crippen molar-refractivity contribution in [3.8, 4) is 5.75 Å². The number of nitrogens with zero attached hydrogens (tertiary/aromatic N) is 1. The van der Waals surface area contributed by atoms with Gasteiger partial charge >= 0.3 is 0 Å². The quantitative estimate of drug-likeness (QED) is 0.776. The summed E-state index contributed by atoms with van der Waals surface area (Å²) in [6, 6.07) is 12.3. The van der Waals surface area contributed by atoms with Crippen molar-refractivity contribution in [1.82, 2.24) is 4.90 Å². The minimum Gasteiger partial charge on any atom is -0.483 e. The molecule has 0 saturated carbocycles. The van der Waals surface area contributed by atoms with Gasteiger partial charge in [0.1, 0.15) is 5.75 Å². The number of likely N-dealkylation sites (N-methyl/N-ethyl adjacent to an activating group) is 1. The van der Waals surface area contributed by atoms with Crippen LogP contribution in [-0.4, -0.2) is 43.2 Å². The molecule has 0 heterocycles. The van der Waals surface area contributed by atoms with Crippen LogP contribution in [0.4, 0.5) is 5.69 Å². The van der Waals surface area contributed by atoms with Gasteiger partial charge in [0.25, 0.3) is 5.91 Å². The molecular formula is C20H22N2O4. The number of aldehydes is 1. The molecule has 0 aliphatic rings. The van der Waals surface area contributed by atoms with Crippen LogP contribution in [0, 0.1) is 13.8 Å². The van der Waals surface area contributed by atoms with Gasteiger partial charge in [-0.25, -0.2) is 0 Å². The van der Waals surface area contributed by atoms with Crippen molar-refractivity contribution in [2.75, 3.05) is 25.5 Å². The number of carbonyl (C=O) groups is 3. The van der Waals surface area contributed by atoms with E-state index in [1.165, 1.54) is 11.9 Å². The third-order valence-corrected chi connectivity index (χ3v) is 4.08. The normalized spacial score (nSPS) is 10.1. The van der Waals surface area contributed by atoms with E-state index in [4.69, 9.17) is 4.74 Å². The fraction of sp³-hybridized carbons (Fsp3) is 0.250. The van der Waals surface area contributed by atoms with Crippen molar-refractivity contribution in [3.63, 3.8) is 0 Å². The Hall–Kier alpha value is -3.15. The van der Waals surface area contributed by atoms with Gasteiger partial charge < -0.3 is 15.0 Å². The van der Waals surface area contributed by atoms with Crippen LogP contribution >= 0.6 is 0 Å². The Kier molecular flexibility index (Phi) is 6.49. The Morgan fingerprint density at radius 3 is 2.58 bits per heavy atom. The standard InChI is InChI=1S/C20H22N2O4/c1-14-7-6-9-17(15(14)2)21-19(24)11-22(3)20(25)13-26-18-10-5-4-8-16(18)12-23/h4-10,12H,11,13H2,1-3H3,(H,21,24). The largest absolute Gasteiger partial charge is 0.483 e. The minimum atomic E-state index is -0.359. The molecule has 0 spiro atoms. The number of anilines is 1. The molecular weight excluding hydrogens is 332 g/mol. The maximum Gasteiger partial charge on any atom is 0.260 e. The second-order valence-electron chi connectivity index (χ2n) is 5.99. The lowest BCUT2D eigenvalue weighted by molar-refractivity contribution is -0.135. The van der Waals surface area contributed by atoms with Gasteiger partial charge in [-0.15, -0.1) is 0 Å². The number of rotatable bonds is 7. The Bertz CT molecular complexity index is 817. The van der Waals surface area contributed by atoms with Gasteiger partial charge in [-0.2, -0.15) is 0 Å². The average Bonchev–Trinajstić information content (AvgIpc) is 2.63. The number of amides is 2. The highest BCUT2D eigenvalue weighted by atomic mass is 16.5. The predicted molar refractivity (Wildman–Crippen MR) is 99.5 cm³/mol. The van der Waals surface area contributed by atoms with Crippen LogP contribution in [0.2, 0.25) is 0 Å². The Morgan fingerprint density at radius 1 is 1.12 bits per heavy atom. The van der Waals surface area contributed by atoms with Crippen LogP contribution in [-0.2, 0) is 9.59 Å². The second kappa shape index (κ2) is 8.80. The third kappa shape index (κ3) is 4.92. The molecule has 1 N–H and O–H groups in total. The molecule has 0 aliphatic carbocycles. The van der Waals surface area contributed by atoms with E-state index in [2.05, 4.69) is 5.32 Å². The summed E-state index contributed by atoms with van der Waals surface area (Å²) in [5.74, 6) is -0.311. The van der Waals surface area contributed by atoms with E-state index in [9.17, 15) is 14.4 Å². The van der Waals surface area contributed by atoms with E-state index in [-0.39, 0.29) is 25.0 Å². The van der Waals surface area contributed by atoms with Crippen LogP contribution in [0.3, 0.4) is 0 Å². The van der Waals surface area contributed by atoms with E-state index < -0.39 is 0 Å². The molecule has 0 aliphatic heterocycles. The van der Waals surface area contributed by atoms with E-state index in [0.29, 0.717) is 17.6 Å². The lowest BCUT2D eigenvalue weighted by Gasteiger charge is -2.18. The molecule has 0 bridgehead atoms. The number of para-hydroxylation sites is 1. The van der Waals surface area contributed by atoms with Gasteiger partial charge in [0.2, 0.25) is 5.91 Å². The lowest BCUT2D eigenvalue weighted by atomic mass is 10.1. The zero-order valence-electron chi connectivity index (χ0n) is 15.1. The first-order valence-electron chi connectivity index (χ1n) is 8.19. The second-order valence-corrected chi connectivity index (χ2v) is 5.99. The number of carbonyl (C=O) groups excluding carboxylic acids is 3. The summed E-state index contributed by atoms with van der Waals surface area (Å²) in [7, 11) is 1.53. The molecule has 0 unspecified atom stereocenters. The van der Waals surface area contributed by atoms with Gasteiger partial charge in [0, 0.05) is 12.7 Å². The SMILES string of the molecule is Cc1cccc(NC(=O)CN(C)C(=O)COc2ccccc2C=O)c1C. The number of aryl methyl sites for hydroxylation is 1. The smallest absolute Gasteiger partial charge is 0.260 e. The zero-order valence-corrected chi connectivity index (χ0v) is 15.1. The van der Waals surface area contributed by atoms with Crippen LogP contribution in [0.15, 0.2) is 42.5 Å². The molecule has 6 nitrogen and oxygen atoms in total. The third-order valence-electron chi connectivity index (χ3n) is 4.08. The fourth-order valence-corrected chi connectivity index (χ4v) is 2.34. The number of ether oxygens (including phenoxy) is 1. The molecule has 136 valence electrons. The number of hydrogen-bond donors (Lipinski definition) is 1. The molecule has 26 heavy (non-hydrogen) atoms. The number of hydrogen-bond acceptors (Lipinski definition) is 4. The van der Waals surface area contributed by atoms with Gasteiger partial charge in [0.05, 0.1) is 12.1 Å². The first-order valence-corrected chi connectivity index (χ1v) is 8.19. The van der Waals surface area contributed by atoms with Crippen molar-refractivity contribution >= 4 is 23.8 Å². The Labute approximate surface area is 152 Å². The van der Waals surface area contributed by atoms with Crippen molar-refractivity contribution in [3.05, 3.63) is 59.2 Å². The Balaban J connectivity index is 1.89. The predicted octanol–water partition coefficient (Wildman–Crippen LogP) is 2.59. The van der Waals surface area contributed by atoms with E-state index in [0.717, 1.165) is 16.8 Å². The summed E-state index contributed by atoms with van der Waals surface area (Å²) in [5, 5.41) is 2.81. The highest BCUT2D eigenvalue weighted by Crippen LogP contribution is 2.18. The molecule has 2 aromatic carbocycles. The zero-order chi connectivity index (χ0) is 19.1. The molecule has 0 radical (unpaired) electrons. The molecule has 0 fully saturated rings. The lowest BCUT2D eigenvalue weighted by Crippen LogP contribution is -2.37. The summed E-state index contributed by atoms with van der Waals surface area (Å²) in [5.41, 5.74) is 3.17. The maximum absolute atomic E-state index is 12.2. The first-order chi connectivity index (χ1) is 12.4. The van der Waals surface area contributed by atoms with Crippen molar-refractivity contribution in [2.24, 2.45) is 0 Å². The monoisotopic (exact) mass is 354 g/mol. The van der Waals surface area contributed by atoms with Crippen LogP contribution in [0.25, 0.3) is 0 Å².